The van der Waals surface area contributed by atoms with E-state index in [4.69, 9.17) is 0 Å². The van der Waals surface area contributed by atoms with E-state index < -0.39 is 10.0 Å². The molecule has 3 aromatic rings. The fourth-order valence-electron chi connectivity index (χ4n) is 3.19. The predicted octanol–water partition coefficient (Wildman–Crippen LogP) is 3.90. The number of amides is 1. The van der Waals surface area contributed by atoms with Crippen molar-refractivity contribution in [3.63, 3.8) is 0 Å². The number of carbonyl (C=O) groups excluding carboxylic acids is 1. The highest BCUT2D eigenvalue weighted by atomic mass is 32.2. The third kappa shape index (κ3) is 5.24. The predicted molar refractivity (Wildman–Crippen MR) is 125 cm³/mol. The lowest BCUT2D eigenvalue weighted by Crippen LogP contribution is -2.30. The van der Waals surface area contributed by atoms with Crippen LogP contribution in [0.4, 0.5) is 11.4 Å². The van der Waals surface area contributed by atoms with Crippen molar-refractivity contribution in [2.45, 2.75) is 18.4 Å². The van der Waals surface area contributed by atoms with Gasteiger partial charge in [-0.25, -0.2) is 8.42 Å². The van der Waals surface area contributed by atoms with Gasteiger partial charge in [0, 0.05) is 38.4 Å². The second-order valence-corrected chi connectivity index (χ2v) is 9.14. The first kappa shape index (κ1) is 22.4. The van der Waals surface area contributed by atoms with Crippen LogP contribution in [-0.2, 0) is 16.6 Å². The van der Waals surface area contributed by atoms with Gasteiger partial charge in [0.1, 0.15) is 0 Å². The van der Waals surface area contributed by atoms with Crippen LogP contribution < -0.4 is 14.5 Å². The molecule has 0 atom stereocenters. The highest BCUT2D eigenvalue weighted by molar-refractivity contribution is 7.92. The van der Waals surface area contributed by atoms with Crippen molar-refractivity contribution in [1.82, 2.24) is 5.32 Å². The van der Waals surface area contributed by atoms with Crippen LogP contribution in [0, 0.1) is 0 Å². The second-order valence-electron chi connectivity index (χ2n) is 7.27. The van der Waals surface area contributed by atoms with Gasteiger partial charge in [0.15, 0.2) is 0 Å². The summed E-state index contributed by atoms with van der Waals surface area (Å²) in [5.74, 6) is -0.211. The summed E-state index contributed by atoms with van der Waals surface area (Å²) in [6.45, 7) is 2.48. The standard InChI is InChI=1S/C24H27N3O3S/c1-4-27(31(29,30)23-8-6-5-7-9-23)22-16-12-20(13-17-22)24(28)25-18-19-10-14-21(15-11-19)26(2)3/h5-17H,4,18H2,1-3H3,(H,25,28). The summed E-state index contributed by atoms with van der Waals surface area (Å²) in [6, 6.07) is 22.9. The minimum absolute atomic E-state index is 0.211. The van der Waals surface area contributed by atoms with Gasteiger partial charge in [0.25, 0.3) is 15.9 Å². The van der Waals surface area contributed by atoms with Crippen LogP contribution in [0.2, 0.25) is 0 Å². The van der Waals surface area contributed by atoms with Crippen molar-refractivity contribution in [3.8, 4) is 0 Å². The molecule has 162 valence electrons. The molecule has 3 aromatic carbocycles. The molecule has 6 nitrogen and oxygen atoms in total. The summed E-state index contributed by atoms with van der Waals surface area (Å²) in [5, 5.41) is 2.90. The molecular weight excluding hydrogens is 410 g/mol. The zero-order valence-corrected chi connectivity index (χ0v) is 18.8. The molecule has 1 amide bonds. The number of carbonyl (C=O) groups is 1. The Kier molecular flexibility index (Phi) is 6.97. The van der Waals surface area contributed by atoms with Crippen LogP contribution in [0.5, 0.6) is 0 Å². The molecule has 31 heavy (non-hydrogen) atoms. The Morgan fingerprint density at radius 3 is 1.97 bits per heavy atom. The van der Waals surface area contributed by atoms with E-state index in [1.54, 1.807) is 61.5 Å². The zero-order valence-electron chi connectivity index (χ0n) is 17.9. The average Bonchev–Trinajstić information content (AvgIpc) is 2.79. The van der Waals surface area contributed by atoms with E-state index in [9.17, 15) is 13.2 Å². The van der Waals surface area contributed by atoms with Gasteiger partial charge in [-0.1, -0.05) is 30.3 Å². The van der Waals surface area contributed by atoms with E-state index in [-0.39, 0.29) is 17.3 Å². The van der Waals surface area contributed by atoms with Gasteiger partial charge in [-0.2, -0.15) is 0 Å². The lowest BCUT2D eigenvalue weighted by atomic mass is 10.1. The molecule has 0 aliphatic rings. The van der Waals surface area contributed by atoms with Crippen molar-refractivity contribution < 1.29 is 13.2 Å². The molecule has 3 rings (SSSR count). The van der Waals surface area contributed by atoms with Crippen molar-refractivity contribution in [2.24, 2.45) is 0 Å². The Labute approximate surface area is 184 Å². The maximum Gasteiger partial charge on any atom is 0.264 e. The Morgan fingerprint density at radius 1 is 0.839 bits per heavy atom. The molecule has 0 aliphatic heterocycles. The quantitative estimate of drug-likeness (QED) is 0.580. The lowest BCUT2D eigenvalue weighted by molar-refractivity contribution is 0.0951. The van der Waals surface area contributed by atoms with Gasteiger partial charge in [-0.15, -0.1) is 0 Å². The smallest absolute Gasteiger partial charge is 0.264 e. The first-order valence-corrected chi connectivity index (χ1v) is 11.5. The number of sulfonamides is 1. The van der Waals surface area contributed by atoms with Gasteiger partial charge < -0.3 is 10.2 Å². The zero-order chi connectivity index (χ0) is 22.4. The van der Waals surface area contributed by atoms with Crippen LogP contribution in [0.25, 0.3) is 0 Å². The van der Waals surface area contributed by atoms with Crippen molar-refractivity contribution in [2.75, 3.05) is 29.8 Å². The summed E-state index contributed by atoms with van der Waals surface area (Å²) in [5.41, 5.74) is 3.09. The fourth-order valence-corrected chi connectivity index (χ4v) is 4.68. The number of hydrogen-bond acceptors (Lipinski definition) is 4. The van der Waals surface area contributed by atoms with Crippen molar-refractivity contribution in [3.05, 3.63) is 90.0 Å². The Hall–Kier alpha value is -3.32. The maximum absolute atomic E-state index is 13.0. The number of benzene rings is 3. The first-order valence-electron chi connectivity index (χ1n) is 10.0. The molecule has 0 aromatic heterocycles. The summed E-state index contributed by atoms with van der Waals surface area (Å²) < 4.78 is 27.2. The Balaban J connectivity index is 1.69. The topological polar surface area (TPSA) is 69.7 Å². The molecular formula is C24H27N3O3S. The summed E-state index contributed by atoms with van der Waals surface area (Å²) >= 11 is 0. The fraction of sp³-hybridized carbons (Fsp3) is 0.208. The molecule has 0 bridgehead atoms. The van der Waals surface area contributed by atoms with Crippen LogP contribution in [0.3, 0.4) is 0 Å². The number of rotatable bonds is 8. The van der Waals surface area contributed by atoms with Crippen molar-refractivity contribution >= 4 is 27.3 Å². The number of nitrogens with one attached hydrogen (secondary N) is 1. The van der Waals surface area contributed by atoms with E-state index >= 15 is 0 Å². The molecule has 0 heterocycles. The van der Waals surface area contributed by atoms with Gasteiger partial charge in [-0.05, 0) is 61.0 Å². The molecule has 0 saturated carbocycles. The van der Waals surface area contributed by atoms with E-state index in [2.05, 4.69) is 5.32 Å². The number of anilines is 2. The van der Waals surface area contributed by atoms with Crippen LogP contribution in [0.15, 0.2) is 83.8 Å². The van der Waals surface area contributed by atoms with Gasteiger partial charge in [0.2, 0.25) is 0 Å². The highest BCUT2D eigenvalue weighted by Crippen LogP contribution is 2.24. The van der Waals surface area contributed by atoms with Crippen LogP contribution in [-0.4, -0.2) is 35.0 Å². The highest BCUT2D eigenvalue weighted by Gasteiger charge is 2.23. The summed E-state index contributed by atoms with van der Waals surface area (Å²) in [7, 11) is 0.291. The van der Waals surface area contributed by atoms with Gasteiger partial charge in [-0.3, -0.25) is 9.10 Å². The Bertz CT molecular complexity index is 1110. The van der Waals surface area contributed by atoms with Crippen LogP contribution >= 0.6 is 0 Å². The van der Waals surface area contributed by atoms with E-state index in [0.29, 0.717) is 17.8 Å². The monoisotopic (exact) mass is 437 g/mol. The normalized spacial score (nSPS) is 11.1. The van der Waals surface area contributed by atoms with Gasteiger partial charge in [0.05, 0.1) is 10.6 Å². The Morgan fingerprint density at radius 2 is 1.42 bits per heavy atom. The summed E-state index contributed by atoms with van der Waals surface area (Å²) in [6.07, 6.45) is 0. The minimum atomic E-state index is -3.66. The molecule has 0 spiro atoms. The van der Waals surface area contributed by atoms with E-state index in [1.807, 2.05) is 43.3 Å². The maximum atomic E-state index is 13.0. The van der Waals surface area contributed by atoms with E-state index in [0.717, 1.165) is 11.3 Å². The average molecular weight is 438 g/mol. The number of hydrogen-bond donors (Lipinski definition) is 1. The van der Waals surface area contributed by atoms with Crippen molar-refractivity contribution in [1.29, 1.82) is 0 Å². The number of nitrogens with zero attached hydrogens (tertiary/aromatic N) is 2. The summed E-state index contributed by atoms with van der Waals surface area (Å²) in [4.78, 5) is 14.8. The molecule has 0 unspecified atom stereocenters. The van der Waals surface area contributed by atoms with Crippen LogP contribution in [0.1, 0.15) is 22.8 Å². The lowest BCUT2D eigenvalue weighted by Gasteiger charge is -2.23. The molecule has 0 radical (unpaired) electrons. The largest absolute Gasteiger partial charge is 0.378 e. The van der Waals surface area contributed by atoms with E-state index in [1.165, 1.54) is 4.31 Å². The second kappa shape index (κ2) is 9.66. The minimum Gasteiger partial charge on any atom is -0.378 e. The first-order chi connectivity index (χ1) is 14.8. The molecule has 0 aliphatic carbocycles. The van der Waals surface area contributed by atoms with Gasteiger partial charge >= 0.3 is 0 Å². The molecule has 0 fully saturated rings. The third-order valence-corrected chi connectivity index (χ3v) is 6.86. The molecule has 0 saturated heterocycles. The molecule has 1 N–H and O–H groups in total. The third-order valence-electron chi connectivity index (χ3n) is 4.94. The molecule has 7 heteroatoms. The SMILES string of the molecule is CCN(c1ccc(C(=O)NCc2ccc(N(C)C)cc2)cc1)S(=O)(=O)c1ccccc1.